The monoisotopic (exact) mass is 417 g/mol. The molecule has 0 saturated carbocycles. The molecule has 4 rings (SSSR count). The number of nitro groups is 1. The fourth-order valence-corrected chi connectivity index (χ4v) is 4.35. The van der Waals surface area contributed by atoms with E-state index in [1.54, 1.807) is 7.11 Å². The number of benzene rings is 1. The van der Waals surface area contributed by atoms with E-state index in [9.17, 15) is 14.9 Å². The molecule has 3 heterocycles. The van der Waals surface area contributed by atoms with Crippen LogP contribution in [0.15, 0.2) is 28.7 Å². The number of carbonyl (C=O) groups excluding carboxylic acids is 1. The zero-order chi connectivity index (χ0) is 20.5. The van der Waals surface area contributed by atoms with Crippen molar-refractivity contribution in [1.82, 2.24) is 4.98 Å². The predicted octanol–water partition coefficient (Wildman–Crippen LogP) is 3.94. The fraction of sp³-hybridized carbons (Fsp3) is 0.368. The Morgan fingerprint density at radius 3 is 2.90 bits per heavy atom. The number of thiazole rings is 1. The van der Waals surface area contributed by atoms with Crippen LogP contribution in [0.3, 0.4) is 0 Å². The summed E-state index contributed by atoms with van der Waals surface area (Å²) in [6.45, 7) is 2.89. The van der Waals surface area contributed by atoms with Gasteiger partial charge in [-0.05, 0) is 37.5 Å². The number of ether oxygens (including phenoxy) is 2. The summed E-state index contributed by atoms with van der Waals surface area (Å²) in [6.07, 6.45) is 1.62. The summed E-state index contributed by atoms with van der Waals surface area (Å²) in [7, 11) is 1.57. The minimum Gasteiger partial charge on any atom is -0.494 e. The number of hydrogen-bond donors (Lipinski definition) is 0. The van der Waals surface area contributed by atoms with Crippen molar-refractivity contribution in [2.24, 2.45) is 0 Å². The number of hydrogen-bond acceptors (Lipinski definition) is 8. The quantitative estimate of drug-likeness (QED) is 0.441. The Balaban J connectivity index is 1.75. The van der Waals surface area contributed by atoms with Gasteiger partial charge in [-0.1, -0.05) is 17.4 Å². The van der Waals surface area contributed by atoms with Crippen LogP contribution < -0.4 is 9.64 Å². The van der Waals surface area contributed by atoms with Gasteiger partial charge >= 0.3 is 5.88 Å². The van der Waals surface area contributed by atoms with E-state index >= 15 is 0 Å². The normalized spacial score (nSPS) is 16.3. The molecule has 152 valence electrons. The number of aryl methyl sites for hydroxylation is 1. The van der Waals surface area contributed by atoms with Gasteiger partial charge in [0.2, 0.25) is 0 Å². The van der Waals surface area contributed by atoms with Crippen molar-refractivity contribution >= 4 is 38.5 Å². The van der Waals surface area contributed by atoms with Gasteiger partial charge in [-0.15, -0.1) is 0 Å². The number of methoxy groups -OCH3 is 1. The second kappa shape index (κ2) is 7.80. The van der Waals surface area contributed by atoms with E-state index in [0.29, 0.717) is 23.0 Å². The van der Waals surface area contributed by atoms with Gasteiger partial charge in [0.1, 0.15) is 16.2 Å². The molecule has 1 atom stereocenters. The number of nitrogens with zero attached hydrogens (tertiary/aromatic N) is 3. The molecule has 2 aromatic heterocycles. The van der Waals surface area contributed by atoms with E-state index in [-0.39, 0.29) is 18.4 Å². The lowest BCUT2D eigenvalue weighted by atomic mass is 10.2. The van der Waals surface area contributed by atoms with E-state index in [2.05, 4.69) is 4.98 Å². The average molecular weight is 417 g/mol. The highest BCUT2D eigenvalue weighted by Gasteiger charge is 2.30. The smallest absolute Gasteiger partial charge is 0.433 e. The summed E-state index contributed by atoms with van der Waals surface area (Å²) in [5.74, 6) is -0.472. The number of furan rings is 1. The summed E-state index contributed by atoms with van der Waals surface area (Å²) in [5.41, 5.74) is 1.69. The summed E-state index contributed by atoms with van der Waals surface area (Å²) in [4.78, 5) is 29.5. The second-order valence-electron chi connectivity index (χ2n) is 6.70. The van der Waals surface area contributed by atoms with Crippen LogP contribution in [0.4, 0.5) is 11.0 Å². The van der Waals surface area contributed by atoms with Crippen molar-refractivity contribution in [3.05, 3.63) is 45.7 Å². The van der Waals surface area contributed by atoms with Gasteiger partial charge in [0, 0.05) is 6.61 Å². The summed E-state index contributed by atoms with van der Waals surface area (Å²) >= 11 is 1.36. The van der Waals surface area contributed by atoms with Crippen LogP contribution in [0.2, 0.25) is 0 Å². The lowest BCUT2D eigenvalue weighted by molar-refractivity contribution is -0.402. The van der Waals surface area contributed by atoms with Crippen molar-refractivity contribution < 1.29 is 23.6 Å². The Bertz CT molecular complexity index is 1070. The Labute approximate surface area is 170 Å². The average Bonchev–Trinajstić information content (AvgIpc) is 3.46. The highest BCUT2D eigenvalue weighted by atomic mass is 32.1. The maximum absolute atomic E-state index is 13.2. The number of carbonyl (C=O) groups is 1. The molecule has 0 radical (unpaired) electrons. The predicted molar refractivity (Wildman–Crippen MR) is 107 cm³/mol. The van der Waals surface area contributed by atoms with Gasteiger partial charge < -0.3 is 13.9 Å². The molecule has 1 fully saturated rings. The minimum absolute atomic E-state index is 0.113. The number of aromatic nitrogens is 1. The highest BCUT2D eigenvalue weighted by molar-refractivity contribution is 7.22. The van der Waals surface area contributed by atoms with Gasteiger partial charge in [-0.25, -0.2) is 4.98 Å². The van der Waals surface area contributed by atoms with E-state index < -0.39 is 16.7 Å². The van der Waals surface area contributed by atoms with Crippen molar-refractivity contribution in [1.29, 1.82) is 0 Å². The zero-order valence-corrected chi connectivity index (χ0v) is 16.7. The molecule has 0 N–H and O–H groups in total. The third kappa shape index (κ3) is 3.68. The first-order chi connectivity index (χ1) is 14.0. The van der Waals surface area contributed by atoms with Crippen molar-refractivity contribution in [3.63, 3.8) is 0 Å². The molecule has 1 aromatic carbocycles. The molecular formula is C19H19N3O6S. The molecule has 3 aromatic rings. The van der Waals surface area contributed by atoms with E-state index in [1.807, 2.05) is 19.1 Å². The zero-order valence-electron chi connectivity index (χ0n) is 15.9. The Morgan fingerprint density at radius 2 is 2.24 bits per heavy atom. The first-order valence-electron chi connectivity index (χ1n) is 9.09. The van der Waals surface area contributed by atoms with E-state index in [1.165, 1.54) is 28.4 Å². The van der Waals surface area contributed by atoms with Crippen molar-refractivity contribution in [2.45, 2.75) is 25.9 Å². The molecule has 1 unspecified atom stereocenters. The Morgan fingerprint density at radius 1 is 1.41 bits per heavy atom. The molecule has 9 nitrogen and oxygen atoms in total. The topological polar surface area (TPSA) is 108 Å². The largest absolute Gasteiger partial charge is 0.494 e. The van der Waals surface area contributed by atoms with Crippen molar-refractivity contribution in [3.8, 4) is 5.75 Å². The second-order valence-corrected chi connectivity index (χ2v) is 7.68. The minimum atomic E-state index is -0.673. The molecule has 1 amide bonds. The van der Waals surface area contributed by atoms with Crippen LogP contribution in [0.5, 0.6) is 5.75 Å². The molecule has 1 aliphatic rings. The Kier molecular flexibility index (Phi) is 5.20. The van der Waals surface area contributed by atoms with Gasteiger partial charge in [-0.3, -0.25) is 19.8 Å². The van der Waals surface area contributed by atoms with Crippen LogP contribution in [0.25, 0.3) is 10.2 Å². The number of rotatable bonds is 6. The lowest BCUT2D eigenvalue weighted by Crippen LogP contribution is -2.37. The number of amides is 1. The third-order valence-corrected chi connectivity index (χ3v) is 5.99. The summed E-state index contributed by atoms with van der Waals surface area (Å²) in [6, 6.07) is 6.25. The van der Waals surface area contributed by atoms with E-state index in [0.717, 1.165) is 23.1 Å². The molecule has 0 spiro atoms. The highest BCUT2D eigenvalue weighted by Crippen LogP contribution is 2.37. The summed E-state index contributed by atoms with van der Waals surface area (Å²) in [5, 5.41) is 11.4. The van der Waals surface area contributed by atoms with Gasteiger partial charge in [0.15, 0.2) is 10.9 Å². The van der Waals surface area contributed by atoms with Crippen LogP contribution >= 0.6 is 11.3 Å². The van der Waals surface area contributed by atoms with Crippen LogP contribution in [-0.2, 0) is 4.74 Å². The van der Waals surface area contributed by atoms with Crippen molar-refractivity contribution in [2.75, 3.05) is 25.2 Å². The maximum Gasteiger partial charge on any atom is 0.433 e. The van der Waals surface area contributed by atoms with Gasteiger partial charge in [-0.2, -0.15) is 0 Å². The van der Waals surface area contributed by atoms with Crippen LogP contribution in [0, 0.1) is 17.0 Å². The fourth-order valence-electron chi connectivity index (χ4n) is 3.29. The number of anilines is 1. The molecule has 0 aliphatic carbocycles. The van der Waals surface area contributed by atoms with Gasteiger partial charge in [0.05, 0.1) is 30.5 Å². The first kappa shape index (κ1) is 19.3. The van der Waals surface area contributed by atoms with E-state index in [4.69, 9.17) is 13.9 Å². The lowest BCUT2D eigenvalue weighted by Gasteiger charge is -2.21. The Hall–Kier alpha value is -2.98. The summed E-state index contributed by atoms with van der Waals surface area (Å²) < 4.78 is 17.2. The molecule has 10 heteroatoms. The third-order valence-electron chi connectivity index (χ3n) is 4.78. The SMILES string of the molecule is COc1ccc(C)c2sc(N(CC3CCCO3)C(=O)c3ccc([N+](=O)[O-])o3)nc12. The van der Waals surface area contributed by atoms with Crippen LogP contribution in [0.1, 0.15) is 29.0 Å². The molecular weight excluding hydrogens is 398 g/mol. The standard InChI is InChI=1S/C19H19N3O6S/c1-11-5-6-13(26-2)16-17(11)29-19(20-16)21(10-12-4-3-9-27-12)18(23)14-7-8-15(28-14)22(24)25/h5-8,12H,3-4,9-10H2,1-2H3. The molecule has 1 aliphatic heterocycles. The molecule has 29 heavy (non-hydrogen) atoms. The van der Waals surface area contributed by atoms with Gasteiger partial charge in [0.25, 0.3) is 5.91 Å². The van der Waals surface area contributed by atoms with Crippen LogP contribution in [-0.4, -0.2) is 42.2 Å². The maximum atomic E-state index is 13.2. The molecule has 1 saturated heterocycles. The first-order valence-corrected chi connectivity index (χ1v) is 9.91. The number of fused-ring (bicyclic) bond motifs is 1. The molecule has 0 bridgehead atoms.